The Morgan fingerprint density at radius 3 is 2.75 bits per heavy atom. The Bertz CT molecular complexity index is 695. The molecule has 3 rings (SSSR count). The maximum absolute atomic E-state index is 5.52. The predicted octanol–water partition coefficient (Wildman–Crippen LogP) is 3.20. The molecular formula is C15H13N3O2. The minimum atomic E-state index is 0.355. The van der Waals surface area contributed by atoms with Gasteiger partial charge in [-0.2, -0.15) is 4.98 Å². The van der Waals surface area contributed by atoms with Gasteiger partial charge in [-0.1, -0.05) is 35.5 Å². The molecule has 0 N–H and O–H groups in total. The molecule has 3 aromatic rings. The molecule has 0 saturated heterocycles. The van der Waals surface area contributed by atoms with Crippen molar-refractivity contribution in [2.75, 3.05) is 6.61 Å². The topological polar surface area (TPSA) is 61.0 Å². The first kappa shape index (κ1) is 12.3. The van der Waals surface area contributed by atoms with Crippen LogP contribution in [0.25, 0.3) is 23.0 Å². The Morgan fingerprint density at radius 2 is 1.95 bits per heavy atom. The number of ether oxygens (including phenoxy) is 1. The number of pyridine rings is 1. The van der Waals surface area contributed by atoms with Gasteiger partial charge in [0.1, 0.15) is 0 Å². The molecule has 0 atom stereocenters. The maximum atomic E-state index is 5.52. The molecule has 0 saturated carbocycles. The fourth-order valence-electron chi connectivity index (χ4n) is 1.85. The summed E-state index contributed by atoms with van der Waals surface area (Å²) < 4.78 is 10.8. The first-order valence-corrected chi connectivity index (χ1v) is 6.36. The van der Waals surface area contributed by atoms with Crippen LogP contribution in [0.5, 0.6) is 5.75 Å². The fourth-order valence-corrected chi connectivity index (χ4v) is 1.85. The summed E-state index contributed by atoms with van der Waals surface area (Å²) in [6.45, 7) is 2.47. The number of rotatable bonds is 4. The highest BCUT2D eigenvalue weighted by atomic mass is 16.5. The van der Waals surface area contributed by atoms with E-state index in [1.54, 1.807) is 6.20 Å². The van der Waals surface area contributed by atoms with Gasteiger partial charge in [-0.05, 0) is 19.1 Å². The lowest BCUT2D eigenvalue weighted by Crippen LogP contribution is -1.95. The second-order valence-corrected chi connectivity index (χ2v) is 4.07. The summed E-state index contributed by atoms with van der Waals surface area (Å²) >= 11 is 0. The van der Waals surface area contributed by atoms with E-state index >= 15 is 0 Å². The van der Waals surface area contributed by atoms with Crippen LogP contribution in [-0.2, 0) is 0 Å². The molecule has 0 aliphatic heterocycles. The van der Waals surface area contributed by atoms with Crippen LogP contribution in [-0.4, -0.2) is 21.7 Å². The molecule has 5 nitrogen and oxygen atoms in total. The van der Waals surface area contributed by atoms with Gasteiger partial charge in [-0.15, -0.1) is 0 Å². The van der Waals surface area contributed by atoms with E-state index in [1.165, 1.54) is 0 Å². The Balaban J connectivity index is 1.98. The van der Waals surface area contributed by atoms with Crippen molar-refractivity contribution in [3.05, 3.63) is 48.7 Å². The van der Waals surface area contributed by atoms with Crippen LogP contribution in [0.2, 0.25) is 0 Å². The SMILES string of the molecule is CCOc1cccnc1-c1nc(-c2ccccc2)no1. The van der Waals surface area contributed by atoms with Gasteiger partial charge in [0, 0.05) is 11.8 Å². The Morgan fingerprint density at radius 1 is 1.10 bits per heavy atom. The maximum Gasteiger partial charge on any atom is 0.280 e. The lowest BCUT2D eigenvalue weighted by atomic mass is 10.2. The van der Waals surface area contributed by atoms with Gasteiger partial charge >= 0.3 is 0 Å². The molecule has 1 aromatic carbocycles. The molecule has 100 valence electrons. The standard InChI is InChI=1S/C15H13N3O2/c1-2-19-12-9-6-10-16-13(12)15-17-14(18-20-15)11-7-4-3-5-8-11/h3-10H,2H2,1H3. The Hall–Kier alpha value is -2.69. The van der Waals surface area contributed by atoms with Crippen molar-refractivity contribution in [1.29, 1.82) is 0 Å². The van der Waals surface area contributed by atoms with Crippen LogP contribution < -0.4 is 4.74 Å². The normalized spacial score (nSPS) is 10.4. The third-order valence-corrected chi connectivity index (χ3v) is 2.73. The molecule has 20 heavy (non-hydrogen) atoms. The summed E-state index contributed by atoms with van der Waals surface area (Å²) in [5.41, 5.74) is 1.46. The average molecular weight is 267 g/mol. The number of nitrogens with zero attached hydrogens (tertiary/aromatic N) is 3. The highest BCUT2D eigenvalue weighted by molar-refractivity contribution is 5.61. The van der Waals surface area contributed by atoms with Gasteiger partial charge in [-0.3, -0.25) is 0 Å². The predicted molar refractivity (Wildman–Crippen MR) is 74.1 cm³/mol. The highest BCUT2D eigenvalue weighted by Crippen LogP contribution is 2.27. The molecule has 2 heterocycles. The number of benzene rings is 1. The molecule has 0 bridgehead atoms. The summed E-state index contributed by atoms with van der Waals surface area (Å²) in [7, 11) is 0. The number of aromatic nitrogens is 3. The number of hydrogen-bond donors (Lipinski definition) is 0. The molecule has 0 unspecified atom stereocenters. The molecule has 0 aliphatic rings. The van der Waals surface area contributed by atoms with Crippen LogP contribution in [0.3, 0.4) is 0 Å². The zero-order chi connectivity index (χ0) is 13.8. The molecule has 0 radical (unpaired) electrons. The van der Waals surface area contributed by atoms with E-state index in [0.717, 1.165) is 5.56 Å². The van der Waals surface area contributed by atoms with E-state index in [9.17, 15) is 0 Å². The first-order valence-electron chi connectivity index (χ1n) is 6.36. The zero-order valence-electron chi connectivity index (χ0n) is 11.0. The van der Waals surface area contributed by atoms with Gasteiger partial charge in [0.25, 0.3) is 5.89 Å². The van der Waals surface area contributed by atoms with Crippen LogP contribution in [0.4, 0.5) is 0 Å². The molecule has 0 fully saturated rings. The monoisotopic (exact) mass is 267 g/mol. The second kappa shape index (κ2) is 5.52. The van der Waals surface area contributed by atoms with Crippen molar-refractivity contribution in [3.63, 3.8) is 0 Å². The van der Waals surface area contributed by atoms with Gasteiger partial charge in [0.05, 0.1) is 6.61 Å². The third kappa shape index (κ3) is 2.38. The quantitative estimate of drug-likeness (QED) is 0.726. The summed E-state index contributed by atoms with van der Waals surface area (Å²) in [5.74, 6) is 1.53. The van der Waals surface area contributed by atoms with E-state index in [4.69, 9.17) is 9.26 Å². The zero-order valence-corrected chi connectivity index (χ0v) is 11.0. The summed E-state index contributed by atoms with van der Waals surface area (Å²) in [6.07, 6.45) is 1.67. The first-order chi connectivity index (χ1) is 9.88. The van der Waals surface area contributed by atoms with Crippen molar-refractivity contribution < 1.29 is 9.26 Å². The van der Waals surface area contributed by atoms with Crippen LogP contribution in [0.1, 0.15) is 6.92 Å². The van der Waals surface area contributed by atoms with Crippen LogP contribution in [0, 0.1) is 0 Å². The summed E-state index contributed by atoms with van der Waals surface area (Å²) in [5, 5.41) is 3.98. The number of hydrogen-bond acceptors (Lipinski definition) is 5. The molecule has 0 aliphatic carbocycles. The molecular weight excluding hydrogens is 254 g/mol. The van der Waals surface area contributed by atoms with Crippen molar-refractivity contribution in [2.24, 2.45) is 0 Å². The fraction of sp³-hybridized carbons (Fsp3) is 0.133. The van der Waals surface area contributed by atoms with Gasteiger partial charge in [-0.25, -0.2) is 4.98 Å². The van der Waals surface area contributed by atoms with Gasteiger partial charge < -0.3 is 9.26 Å². The highest BCUT2D eigenvalue weighted by Gasteiger charge is 2.15. The lowest BCUT2D eigenvalue weighted by molar-refractivity contribution is 0.337. The molecule has 0 spiro atoms. The second-order valence-electron chi connectivity index (χ2n) is 4.07. The van der Waals surface area contributed by atoms with Gasteiger partial charge in [0.15, 0.2) is 11.4 Å². The van der Waals surface area contributed by atoms with Crippen molar-refractivity contribution >= 4 is 0 Å². The average Bonchev–Trinajstić information content (AvgIpc) is 2.99. The van der Waals surface area contributed by atoms with E-state index in [0.29, 0.717) is 29.8 Å². The minimum Gasteiger partial charge on any atom is -0.491 e. The van der Waals surface area contributed by atoms with Gasteiger partial charge in [0.2, 0.25) is 5.82 Å². The smallest absolute Gasteiger partial charge is 0.280 e. The van der Waals surface area contributed by atoms with E-state index in [-0.39, 0.29) is 0 Å². The largest absolute Gasteiger partial charge is 0.491 e. The van der Waals surface area contributed by atoms with E-state index < -0.39 is 0 Å². The molecule has 5 heteroatoms. The molecule has 2 aromatic heterocycles. The van der Waals surface area contributed by atoms with Crippen molar-refractivity contribution in [1.82, 2.24) is 15.1 Å². The van der Waals surface area contributed by atoms with Crippen molar-refractivity contribution in [3.8, 4) is 28.7 Å². The van der Waals surface area contributed by atoms with Crippen molar-refractivity contribution in [2.45, 2.75) is 6.92 Å². The Labute approximate surface area is 116 Å². The van der Waals surface area contributed by atoms with E-state index in [2.05, 4.69) is 15.1 Å². The minimum absolute atomic E-state index is 0.355. The lowest BCUT2D eigenvalue weighted by Gasteiger charge is -2.04. The summed E-state index contributed by atoms with van der Waals surface area (Å²) in [6, 6.07) is 13.3. The Kier molecular flexibility index (Phi) is 3.41. The van der Waals surface area contributed by atoms with E-state index in [1.807, 2.05) is 49.4 Å². The van der Waals surface area contributed by atoms with Crippen LogP contribution >= 0.6 is 0 Å². The molecule has 0 amide bonds. The van der Waals surface area contributed by atoms with Crippen LogP contribution in [0.15, 0.2) is 53.2 Å². The summed E-state index contributed by atoms with van der Waals surface area (Å²) in [4.78, 5) is 8.63. The third-order valence-electron chi connectivity index (χ3n) is 2.73.